The molecule has 5 nitrogen and oxygen atoms in total. The van der Waals surface area contributed by atoms with Crippen molar-refractivity contribution in [2.45, 2.75) is 45.6 Å². The minimum Gasteiger partial charge on any atom is -0.497 e. The van der Waals surface area contributed by atoms with Gasteiger partial charge in [0.25, 0.3) is 5.91 Å². The van der Waals surface area contributed by atoms with Gasteiger partial charge in [-0.25, -0.2) is 4.98 Å². The zero-order valence-electron chi connectivity index (χ0n) is 19.4. The maximum atomic E-state index is 13.2. The maximum absolute atomic E-state index is 13.2. The lowest BCUT2D eigenvalue weighted by atomic mass is 10.0. The van der Waals surface area contributed by atoms with Gasteiger partial charge in [0, 0.05) is 30.1 Å². The number of piperidine rings is 1. The van der Waals surface area contributed by atoms with Gasteiger partial charge in [0.1, 0.15) is 5.75 Å². The number of benzene rings is 2. The molecule has 0 aliphatic carbocycles. The molecule has 32 heavy (non-hydrogen) atoms. The number of carbonyl (C=O) groups is 1. The van der Waals surface area contributed by atoms with Gasteiger partial charge in [-0.2, -0.15) is 0 Å². The molecule has 0 saturated carbocycles. The molecule has 1 amide bonds. The Morgan fingerprint density at radius 1 is 1.16 bits per heavy atom. The summed E-state index contributed by atoms with van der Waals surface area (Å²) in [6, 6.07) is 16.4. The highest BCUT2D eigenvalue weighted by Crippen LogP contribution is 2.27. The molecule has 4 rings (SSSR count). The van der Waals surface area contributed by atoms with Crippen molar-refractivity contribution in [2.75, 3.05) is 26.7 Å². The summed E-state index contributed by atoms with van der Waals surface area (Å²) in [6.07, 6.45) is 4.86. The second-order valence-corrected chi connectivity index (χ2v) is 8.79. The van der Waals surface area contributed by atoms with Crippen molar-refractivity contribution in [2.24, 2.45) is 0 Å². The highest BCUT2D eigenvalue weighted by molar-refractivity contribution is 6.07. The summed E-state index contributed by atoms with van der Waals surface area (Å²) in [7, 11) is 1.65. The highest BCUT2D eigenvalue weighted by atomic mass is 16.5. The Kier molecular flexibility index (Phi) is 7.05. The van der Waals surface area contributed by atoms with Gasteiger partial charge in [-0.15, -0.1) is 0 Å². The van der Waals surface area contributed by atoms with Crippen LogP contribution in [0.1, 0.15) is 48.5 Å². The number of likely N-dealkylation sites (tertiary alicyclic amines) is 1. The second kappa shape index (κ2) is 10.1. The molecule has 0 spiro atoms. The lowest BCUT2D eigenvalue weighted by Crippen LogP contribution is -2.39. The molecule has 0 radical (unpaired) electrons. The number of pyridine rings is 1. The van der Waals surface area contributed by atoms with Gasteiger partial charge < -0.3 is 15.0 Å². The van der Waals surface area contributed by atoms with E-state index >= 15 is 0 Å². The molecule has 1 aliphatic rings. The Balaban J connectivity index is 1.52. The average molecular weight is 432 g/mol. The van der Waals surface area contributed by atoms with Crippen LogP contribution in [0.2, 0.25) is 0 Å². The fourth-order valence-corrected chi connectivity index (χ4v) is 4.51. The molecule has 2 heterocycles. The number of fused-ring (bicyclic) bond motifs is 1. The Bertz CT molecular complexity index is 1080. The summed E-state index contributed by atoms with van der Waals surface area (Å²) in [4.78, 5) is 20.6. The minimum atomic E-state index is -0.0375. The van der Waals surface area contributed by atoms with E-state index in [1.807, 2.05) is 55.5 Å². The van der Waals surface area contributed by atoms with Crippen molar-refractivity contribution in [3.8, 4) is 17.0 Å². The normalized spacial score (nSPS) is 16.8. The van der Waals surface area contributed by atoms with Crippen LogP contribution in [0.15, 0.2) is 48.5 Å². The molecule has 1 aliphatic heterocycles. The van der Waals surface area contributed by atoms with E-state index in [1.54, 1.807) is 7.11 Å². The van der Waals surface area contributed by atoms with Crippen LogP contribution in [-0.4, -0.2) is 48.6 Å². The summed E-state index contributed by atoms with van der Waals surface area (Å²) < 4.78 is 5.27. The smallest absolute Gasteiger partial charge is 0.252 e. The Morgan fingerprint density at radius 3 is 2.72 bits per heavy atom. The van der Waals surface area contributed by atoms with Crippen molar-refractivity contribution in [3.63, 3.8) is 0 Å². The fraction of sp³-hybridized carbons (Fsp3) is 0.407. The van der Waals surface area contributed by atoms with Crippen LogP contribution < -0.4 is 10.1 Å². The van der Waals surface area contributed by atoms with Crippen molar-refractivity contribution >= 4 is 16.8 Å². The Morgan fingerprint density at radius 2 is 1.97 bits per heavy atom. The third kappa shape index (κ3) is 5.10. The number of nitrogens with one attached hydrogen (secondary N) is 1. The lowest BCUT2D eigenvalue weighted by Gasteiger charge is -2.33. The number of ether oxygens (including phenoxy) is 1. The molecule has 3 aromatic rings. The first kappa shape index (κ1) is 22.3. The molecule has 1 aromatic heterocycles. The summed E-state index contributed by atoms with van der Waals surface area (Å²) in [5, 5.41) is 4.04. The number of aryl methyl sites for hydroxylation is 1. The van der Waals surface area contributed by atoms with E-state index in [4.69, 9.17) is 9.72 Å². The monoisotopic (exact) mass is 431 g/mol. The number of methoxy groups -OCH3 is 1. The van der Waals surface area contributed by atoms with E-state index < -0.39 is 0 Å². The third-order valence-corrected chi connectivity index (χ3v) is 6.44. The average Bonchev–Trinajstić information content (AvgIpc) is 2.82. The van der Waals surface area contributed by atoms with Gasteiger partial charge in [-0.05, 0) is 82.1 Å². The predicted octanol–water partition coefficient (Wildman–Crippen LogP) is 5.21. The molecular formula is C27H33N3O2. The number of nitrogens with zero attached hydrogens (tertiary/aromatic N) is 2. The van der Waals surface area contributed by atoms with Crippen LogP contribution in [0.5, 0.6) is 5.75 Å². The van der Waals surface area contributed by atoms with Crippen molar-refractivity contribution in [1.82, 2.24) is 15.2 Å². The van der Waals surface area contributed by atoms with E-state index in [2.05, 4.69) is 17.1 Å². The minimum absolute atomic E-state index is 0.0375. The number of rotatable bonds is 7. The van der Waals surface area contributed by atoms with E-state index in [-0.39, 0.29) is 5.91 Å². The zero-order chi connectivity index (χ0) is 22.5. The van der Waals surface area contributed by atoms with Crippen LogP contribution in [0.25, 0.3) is 22.2 Å². The molecule has 1 fully saturated rings. The number of hydrogen-bond acceptors (Lipinski definition) is 4. The molecule has 2 aromatic carbocycles. The number of carbonyl (C=O) groups excluding carboxylic acids is 1. The molecule has 0 bridgehead atoms. The molecule has 1 N–H and O–H groups in total. The Labute approximate surface area is 190 Å². The first-order valence-electron chi connectivity index (χ1n) is 11.6. The number of hydrogen-bond donors (Lipinski definition) is 1. The zero-order valence-corrected chi connectivity index (χ0v) is 19.4. The van der Waals surface area contributed by atoms with Crippen LogP contribution in [0.4, 0.5) is 0 Å². The van der Waals surface area contributed by atoms with Gasteiger partial charge in [0.05, 0.1) is 23.9 Å². The molecule has 168 valence electrons. The van der Waals surface area contributed by atoms with Gasteiger partial charge in [0.15, 0.2) is 0 Å². The molecule has 5 heteroatoms. The van der Waals surface area contributed by atoms with Crippen LogP contribution in [-0.2, 0) is 0 Å². The standard InChI is InChI=1S/C27H33N3O2/c1-19-8-13-25-23(17-19)24(18-26(29-25)21-9-11-22(32-3)12-10-21)27(31)28-14-6-16-30-15-5-4-7-20(30)2/h8-13,17-18,20H,4-7,14-16H2,1-3H3,(H,28,31)/t20-/m1/s1. The van der Waals surface area contributed by atoms with Gasteiger partial charge >= 0.3 is 0 Å². The molecule has 1 saturated heterocycles. The largest absolute Gasteiger partial charge is 0.497 e. The first-order valence-corrected chi connectivity index (χ1v) is 11.6. The van der Waals surface area contributed by atoms with Crippen molar-refractivity contribution in [1.29, 1.82) is 0 Å². The van der Waals surface area contributed by atoms with E-state index in [0.717, 1.165) is 46.4 Å². The van der Waals surface area contributed by atoms with Crippen molar-refractivity contribution in [3.05, 3.63) is 59.7 Å². The van der Waals surface area contributed by atoms with Crippen LogP contribution >= 0.6 is 0 Å². The van der Waals surface area contributed by atoms with Gasteiger partial charge in [-0.3, -0.25) is 4.79 Å². The number of aromatic nitrogens is 1. The molecule has 1 atom stereocenters. The lowest BCUT2D eigenvalue weighted by molar-refractivity contribution is 0.0950. The van der Waals surface area contributed by atoms with Crippen molar-refractivity contribution < 1.29 is 9.53 Å². The van der Waals surface area contributed by atoms with Gasteiger partial charge in [-0.1, -0.05) is 18.1 Å². The predicted molar refractivity (Wildman–Crippen MR) is 130 cm³/mol. The first-order chi connectivity index (χ1) is 15.5. The summed E-state index contributed by atoms with van der Waals surface area (Å²) in [5.41, 5.74) is 4.37. The quantitative estimate of drug-likeness (QED) is 0.522. The SMILES string of the molecule is COc1ccc(-c2cc(C(=O)NCCCN3CCCC[C@H]3C)c3cc(C)ccc3n2)cc1. The highest BCUT2D eigenvalue weighted by Gasteiger charge is 2.18. The van der Waals surface area contributed by atoms with E-state index in [0.29, 0.717) is 18.2 Å². The Hall–Kier alpha value is -2.92. The summed E-state index contributed by atoms with van der Waals surface area (Å²) >= 11 is 0. The number of amides is 1. The van der Waals surface area contributed by atoms with Gasteiger partial charge in [0.2, 0.25) is 0 Å². The summed E-state index contributed by atoms with van der Waals surface area (Å²) in [5.74, 6) is 0.760. The fourth-order valence-electron chi connectivity index (χ4n) is 4.51. The third-order valence-electron chi connectivity index (χ3n) is 6.44. The van der Waals surface area contributed by atoms with Crippen LogP contribution in [0, 0.1) is 6.92 Å². The van der Waals surface area contributed by atoms with E-state index in [9.17, 15) is 4.79 Å². The summed E-state index contributed by atoms with van der Waals surface area (Å²) in [6.45, 7) is 7.24. The van der Waals surface area contributed by atoms with Crippen LogP contribution in [0.3, 0.4) is 0 Å². The maximum Gasteiger partial charge on any atom is 0.252 e. The molecule has 0 unspecified atom stereocenters. The molecular weight excluding hydrogens is 398 g/mol. The topological polar surface area (TPSA) is 54.5 Å². The second-order valence-electron chi connectivity index (χ2n) is 8.79. The van der Waals surface area contributed by atoms with E-state index in [1.165, 1.54) is 25.8 Å².